The minimum Gasteiger partial charge on any atom is -0.321 e. The quantitative estimate of drug-likeness (QED) is 0.218. The van der Waals surface area contributed by atoms with Gasteiger partial charge in [-0.15, -0.1) is 0 Å². The molecule has 6 aromatic carbocycles. The molecule has 194 valence electrons. The van der Waals surface area contributed by atoms with Crippen molar-refractivity contribution in [3.05, 3.63) is 172 Å². The summed E-state index contributed by atoms with van der Waals surface area (Å²) in [5, 5.41) is 3.20. The number of anilines is 1. The largest absolute Gasteiger partial charge is 0.321 e. The summed E-state index contributed by atoms with van der Waals surface area (Å²) >= 11 is 3.46. The van der Waals surface area contributed by atoms with E-state index in [1.54, 1.807) is 0 Å². The fourth-order valence-corrected chi connectivity index (χ4v) is 7.26. The average molecular weight is 591 g/mol. The smallest absolute Gasteiger partial charge is 0.255 e. The number of carbonyl (C=O) groups is 1. The highest BCUT2D eigenvalue weighted by Crippen LogP contribution is 2.64. The lowest BCUT2D eigenvalue weighted by molar-refractivity contribution is 0.102. The van der Waals surface area contributed by atoms with Crippen LogP contribution in [0.5, 0.6) is 0 Å². The summed E-state index contributed by atoms with van der Waals surface area (Å²) in [7, 11) is 0. The van der Waals surface area contributed by atoms with E-state index < -0.39 is 5.41 Å². The molecular weight excluding hydrogens is 566 g/mol. The first-order valence-electron chi connectivity index (χ1n) is 13.8. The fourth-order valence-electron chi connectivity index (χ4n) is 6.99. The summed E-state index contributed by atoms with van der Waals surface area (Å²) < 4.78 is 0.942. The van der Waals surface area contributed by atoms with Crippen LogP contribution in [0.2, 0.25) is 0 Å². The Morgan fingerprint density at radius 2 is 0.976 bits per heavy atom. The van der Waals surface area contributed by atoms with Crippen LogP contribution < -0.4 is 5.32 Å². The topological polar surface area (TPSA) is 29.1 Å². The van der Waals surface area contributed by atoms with Gasteiger partial charge in [-0.2, -0.15) is 0 Å². The number of carbonyl (C=O) groups excluding carboxylic acids is 1. The van der Waals surface area contributed by atoms with E-state index in [1.165, 1.54) is 44.5 Å². The number of fused-ring (bicyclic) bond motifs is 10. The first kappa shape index (κ1) is 24.1. The fraction of sp³-hybridized carbons (Fsp3) is 0.0263. The summed E-state index contributed by atoms with van der Waals surface area (Å²) in [5.41, 5.74) is 13.4. The second-order valence-corrected chi connectivity index (χ2v) is 11.5. The van der Waals surface area contributed by atoms with Gasteiger partial charge in [0.15, 0.2) is 0 Å². The summed E-state index contributed by atoms with van der Waals surface area (Å²) in [6.45, 7) is 0. The molecule has 3 heteroatoms. The Morgan fingerprint density at radius 3 is 1.63 bits per heavy atom. The van der Waals surface area contributed by atoms with Gasteiger partial charge in [-0.1, -0.05) is 125 Å². The van der Waals surface area contributed by atoms with Crippen LogP contribution in [0.4, 0.5) is 5.69 Å². The zero-order chi connectivity index (χ0) is 27.6. The Morgan fingerprint density at radius 1 is 0.488 bits per heavy atom. The molecule has 1 spiro atoms. The van der Waals surface area contributed by atoms with Gasteiger partial charge in [0.25, 0.3) is 5.91 Å². The number of hydrogen-bond donors (Lipinski definition) is 1. The molecule has 0 saturated heterocycles. The van der Waals surface area contributed by atoms with Crippen molar-refractivity contribution in [1.29, 1.82) is 0 Å². The van der Waals surface area contributed by atoms with Crippen molar-refractivity contribution in [2.75, 3.05) is 5.32 Å². The predicted octanol–water partition coefficient (Wildman–Crippen LogP) is 9.71. The van der Waals surface area contributed by atoms with E-state index >= 15 is 0 Å². The average Bonchev–Trinajstić information content (AvgIpc) is 3.49. The molecule has 1 N–H and O–H groups in total. The molecular formula is C38H24BrNO. The summed E-state index contributed by atoms with van der Waals surface area (Å²) in [4.78, 5) is 13.3. The molecule has 2 nitrogen and oxygen atoms in total. The molecule has 0 fully saturated rings. The van der Waals surface area contributed by atoms with Gasteiger partial charge in [0.2, 0.25) is 0 Å². The third-order valence-corrected chi connectivity index (χ3v) is 9.12. The number of hydrogen-bond acceptors (Lipinski definition) is 1. The lowest BCUT2D eigenvalue weighted by Gasteiger charge is -2.30. The van der Waals surface area contributed by atoms with Crippen molar-refractivity contribution in [3.63, 3.8) is 0 Å². The van der Waals surface area contributed by atoms with Crippen LogP contribution in [0.3, 0.4) is 0 Å². The number of rotatable bonds is 3. The van der Waals surface area contributed by atoms with Crippen molar-refractivity contribution in [3.8, 4) is 33.4 Å². The lowest BCUT2D eigenvalue weighted by Crippen LogP contribution is -2.25. The van der Waals surface area contributed by atoms with Gasteiger partial charge in [-0.25, -0.2) is 0 Å². The molecule has 1 amide bonds. The Labute approximate surface area is 247 Å². The van der Waals surface area contributed by atoms with Gasteiger partial charge in [0.05, 0.1) is 5.41 Å². The number of nitrogens with one attached hydrogen (secondary N) is 1. The number of para-hydroxylation sites is 1. The van der Waals surface area contributed by atoms with Crippen LogP contribution in [0, 0.1) is 0 Å². The second-order valence-electron chi connectivity index (χ2n) is 10.6. The van der Waals surface area contributed by atoms with Gasteiger partial charge in [-0.3, -0.25) is 4.79 Å². The zero-order valence-electron chi connectivity index (χ0n) is 22.1. The van der Waals surface area contributed by atoms with E-state index in [4.69, 9.17) is 0 Å². The Balaban J connectivity index is 1.37. The van der Waals surface area contributed by atoms with Gasteiger partial charge in [0, 0.05) is 21.3 Å². The molecule has 0 saturated carbocycles. The van der Waals surface area contributed by atoms with Crippen LogP contribution in [0.1, 0.15) is 32.6 Å². The van der Waals surface area contributed by atoms with Crippen molar-refractivity contribution in [1.82, 2.24) is 0 Å². The predicted molar refractivity (Wildman–Crippen MR) is 170 cm³/mol. The highest BCUT2D eigenvalue weighted by atomic mass is 79.9. The minimum absolute atomic E-state index is 0.131. The molecule has 0 heterocycles. The molecule has 2 aliphatic rings. The Hall–Kier alpha value is -4.73. The first-order chi connectivity index (χ1) is 20.2. The normalized spacial score (nSPS) is 13.3. The van der Waals surface area contributed by atoms with Crippen molar-refractivity contribution in [2.45, 2.75) is 5.41 Å². The number of amides is 1. The maximum Gasteiger partial charge on any atom is 0.255 e. The van der Waals surface area contributed by atoms with Crippen LogP contribution in [0.15, 0.2) is 144 Å². The maximum atomic E-state index is 13.3. The van der Waals surface area contributed by atoms with Crippen LogP contribution in [-0.2, 0) is 5.41 Å². The summed E-state index contributed by atoms with van der Waals surface area (Å²) in [5.74, 6) is -0.131. The van der Waals surface area contributed by atoms with Crippen molar-refractivity contribution >= 4 is 27.5 Å². The van der Waals surface area contributed by atoms with Crippen molar-refractivity contribution in [2.24, 2.45) is 0 Å². The third kappa shape index (κ3) is 3.39. The molecule has 0 unspecified atom stereocenters. The maximum absolute atomic E-state index is 13.3. The highest BCUT2D eigenvalue weighted by molar-refractivity contribution is 9.10. The van der Waals surface area contributed by atoms with Gasteiger partial charge < -0.3 is 5.32 Å². The molecule has 0 radical (unpaired) electrons. The van der Waals surface area contributed by atoms with E-state index in [-0.39, 0.29) is 5.91 Å². The lowest BCUT2D eigenvalue weighted by atomic mass is 9.70. The monoisotopic (exact) mass is 589 g/mol. The number of benzene rings is 6. The molecule has 41 heavy (non-hydrogen) atoms. The first-order valence-corrected chi connectivity index (χ1v) is 14.6. The number of halogens is 1. The van der Waals surface area contributed by atoms with E-state index in [1.807, 2.05) is 42.5 Å². The van der Waals surface area contributed by atoms with E-state index in [0.29, 0.717) is 5.56 Å². The van der Waals surface area contributed by atoms with E-state index in [9.17, 15) is 4.79 Å². The highest BCUT2D eigenvalue weighted by Gasteiger charge is 2.51. The molecule has 8 rings (SSSR count). The van der Waals surface area contributed by atoms with E-state index in [0.717, 1.165) is 21.3 Å². The molecule has 6 aromatic rings. The second kappa shape index (κ2) is 9.15. The SMILES string of the molecule is O=C(Nc1ccccc1-c1cccc2c1-c1ccccc1C21c2ccccc2-c2ccccc21)c1ccc(Br)cc1. The third-order valence-electron chi connectivity index (χ3n) is 8.59. The minimum atomic E-state index is -0.398. The molecule has 0 atom stereocenters. The van der Waals surface area contributed by atoms with Gasteiger partial charge in [-0.05, 0) is 80.4 Å². The summed E-state index contributed by atoms with van der Waals surface area (Å²) in [6.07, 6.45) is 0. The Kier molecular flexibility index (Phi) is 5.38. The van der Waals surface area contributed by atoms with Gasteiger partial charge >= 0.3 is 0 Å². The van der Waals surface area contributed by atoms with Gasteiger partial charge in [0.1, 0.15) is 0 Å². The molecule has 0 aromatic heterocycles. The van der Waals surface area contributed by atoms with Crippen LogP contribution in [0.25, 0.3) is 33.4 Å². The van der Waals surface area contributed by atoms with Crippen LogP contribution >= 0.6 is 15.9 Å². The molecule has 0 bridgehead atoms. The molecule has 2 aliphatic carbocycles. The van der Waals surface area contributed by atoms with E-state index in [2.05, 4.69) is 118 Å². The summed E-state index contributed by atoms with van der Waals surface area (Å²) in [6, 6.07) is 48.7. The zero-order valence-corrected chi connectivity index (χ0v) is 23.7. The standard InChI is InChI=1S/C38H24BrNO/c39-25-22-20-24(21-23-25)37(41)40-35-19-8-4-12-28(35)29-14-9-18-34-36(29)30-13-3-7-17-33(30)38(34)31-15-5-1-10-26(31)27-11-2-6-16-32(27)38/h1-23H,(H,40,41). The van der Waals surface area contributed by atoms with Crippen LogP contribution in [-0.4, -0.2) is 5.91 Å². The Bertz CT molecular complexity index is 1960. The molecule has 0 aliphatic heterocycles. The van der Waals surface area contributed by atoms with Crippen molar-refractivity contribution < 1.29 is 4.79 Å².